The first-order chi connectivity index (χ1) is 9.85. The fourth-order valence-corrected chi connectivity index (χ4v) is 3.07. The van der Waals surface area contributed by atoms with E-state index in [1.807, 2.05) is 25.7 Å². The summed E-state index contributed by atoms with van der Waals surface area (Å²) in [6, 6.07) is 0.549. The summed E-state index contributed by atoms with van der Waals surface area (Å²) in [5, 5.41) is 0. The fourth-order valence-electron chi connectivity index (χ4n) is 3.07. The molecule has 0 spiro atoms. The molecule has 2 aliphatic rings. The third-order valence-electron chi connectivity index (χ3n) is 4.26. The van der Waals surface area contributed by atoms with Gasteiger partial charge in [0.05, 0.1) is 6.10 Å². The second kappa shape index (κ2) is 6.97. The van der Waals surface area contributed by atoms with Gasteiger partial charge < -0.3 is 19.3 Å². The molecule has 122 valence electrons. The lowest BCUT2D eigenvalue weighted by atomic mass is 10.0. The van der Waals surface area contributed by atoms with E-state index >= 15 is 0 Å². The topological polar surface area (TPSA) is 42.0 Å². The van der Waals surface area contributed by atoms with E-state index in [-0.39, 0.29) is 6.09 Å². The van der Waals surface area contributed by atoms with Crippen LogP contribution in [0.15, 0.2) is 0 Å². The van der Waals surface area contributed by atoms with E-state index in [2.05, 4.69) is 11.9 Å². The molecule has 0 unspecified atom stereocenters. The maximum atomic E-state index is 12.0. The van der Waals surface area contributed by atoms with Crippen LogP contribution in [-0.2, 0) is 9.47 Å². The number of carbonyl (C=O) groups excluding carboxylic acids is 1. The SMILES string of the molecule is CN(C[C@@H]1CCCO1)C1CCN(C(=O)OC(C)(C)C)CC1. The number of nitrogens with zero attached hydrogens (tertiary/aromatic N) is 2. The van der Waals surface area contributed by atoms with Gasteiger partial charge in [-0.15, -0.1) is 0 Å². The molecule has 0 bridgehead atoms. The van der Waals surface area contributed by atoms with Crippen molar-refractivity contribution in [3.05, 3.63) is 0 Å². The number of carbonyl (C=O) groups is 1. The third-order valence-corrected chi connectivity index (χ3v) is 4.26. The van der Waals surface area contributed by atoms with E-state index in [1.165, 1.54) is 12.8 Å². The van der Waals surface area contributed by atoms with Crippen LogP contribution in [0.1, 0.15) is 46.5 Å². The van der Waals surface area contributed by atoms with Crippen molar-refractivity contribution in [2.45, 2.75) is 64.2 Å². The lowest BCUT2D eigenvalue weighted by Gasteiger charge is -2.37. The maximum absolute atomic E-state index is 12.0. The predicted molar refractivity (Wildman–Crippen MR) is 82.4 cm³/mol. The largest absolute Gasteiger partial charge is 0.444 e. The van der Waals surface area contributed by atoms with Gasteiger partial charge in [0.15, 0.2) is 0 Å². The van der Waals surface area contributed by atoms with Crippen LogP contribution in [0.25, 0.3) is 0 Å². The minimum atomic E-state index is -0.412. The molecular formula is C16H30N2O3. The summed E-state index contributed by atoms with van der Waals surface area (Å²) in [4.78, 5) is 16.3. The maximum Gasteiger partial charge on any atom is 0.410 e. The van der Waals surface area contributed by atoms with Gasteiger partial charge in [0.2, 0.25) is 0 Å². The van der Waals surface area contributed by atoms with Gasteiger partial charge in [-0.1, -0.05) is 0 Å². The highest BCUT2D eigenvalue weighted by molar-refractivity contribution is 5.68. The van der Waals surface area contributed by atoms with Crippen LogP contribution in [0, 0.1) is 0 Å². The van der Waals surface area contributed by atoms with E-state index in [1.54, 1.807) is 0 Å². The van der Waals surface area contributed by atoms with Crippen LogP contribution in [-0.4, -0.2) is 66.9 Å². The molecule has 5 heteroatoms. The fraction of sp³-hybridized carbons (Fsp3) is 0.938. The van der Waals surface area contributed by atoms with Gasteiger partial charge in [0, 0.05) is 32.3 Å². The van der Waals surface area contributed by atoms with Gasteiger partial charge in [-0.25, -0.2) is 4.79 Å². The molecule has 0 aromatic rings. The highest BCUT2D eigenvalue weighted by Gasteiger charge is 2.29. The van der Waals surface area contributed by atoms with E-state index in [9.17, 15) is 4.79 Å². The number of hydrogen-bond donors (Lipinski definition) is 0. The Hall–Kier alpha value is -0.810. The molecule has 21 heavy (non-hydrogen) atoms. The van der Waals surface area contributed by atoms with Crippen LogP contribution in [0.2, 0.25) is 0 Å². The molecule has 5 nitrogen and oxygen atoms in total. The van der Waals surface area contributed by atoms with E-state index in [0.29, 0.717) is 12.1 Å². The lowest BCUT2D eigenvalue weighted by Crippen LogP contribution is -2.48. The van der Waals surface area contributed by atoms with Crippen molar-refractivity contribution in [2.24, 2.45) is 0 Å². The summed E-state index contributed by atoms with van der Waals surface area (Å²) in [7, 11) is 2.18. The molecule has 0 radical (unpaired) electrons. The van der Waals surface area contributed by atoms with Crippen LogP contribution < -0.4 is 0 Å². The monoisotopic (exact) mass is 298 g/mol. The van der Waals surface area contributed by atoms with Crippen LogP contribution in [0.3, 0.4) is 0 Å². The van der Waals surface area contributed by atoms with Crippen molar-refractivity contribution >= 4 is 6.09 Å². The number of rotatable bonds is 3. The van der Waals surface area contributed by atoms with Gasteiger partial charge in [-0.3, -0.25) is 0 Å². The van der Waals surface area contributed by atoms with E-state index in [0.717, 1.165) is 39.1 Å². The molecule has 1 atom stereocenters. The Morgan fingerprint density at radius 3 is 2.48 bits per heavy atom. The van der Waals surface area contributed by atoms with Crippen LogP contribution in [0.5, 0.6) is 0 Å². The quantitative estimate of drug-likeness (QED) is 0.803. The molecular weight excluding hydrogens is 268 g/mol. The normalized spacial score (nSPS) is 24.6. The van der Waals surface area contributed by atoms with Crippen molar-refractivity contribution in [1.29, 1.82) is 0 Å². The van der Waals surface area contributed by atoms with Crippen molar-refractivity contribution < 1.29 is 14.3 Å². The standard InChI is InChI=1S/C16H30N2O3/c1-16(2,3)21-15(19)18-9-7-13(8-10-18)17(4)12-14-6-5-11-20-14/h13-14H,5-12H2,1-4H3/t14-/m0/s1. The van der Waals surface area contributed by atoms with Gasteiger partial charge in [0.1, 0.15) is 5.60 Å². The van der Waals surface area contributed by atoms with Gasteiger partial charge >= 0.3 is 6.09 Å². The number of piperidine rings is 1. The summed E-state index contributed by atoms with van der Waals surface area (Å²) in [6.07, 6.45) is 4.63. The second-order valence-corrected chi connectivity index (χ2v) is 7.27. The minimum Gasteiger partial charge on any atom is -0.444 e. The number of ether oxygens (including phenoxy) is 2. The Balaban J connectivity index is 1.73. The molecule has 0 aromatic heterocycles. The van der Waals surface area contributed by atoms with Crippen molar-refractivity contribution in [1.82, 2.24) is 9.80 Å². The lowest BCUT2D eigenvalue weighted by molar-refractivity contribution is 0.0113. The summed E-state index contributed by atoms with van der Waals surface area (Å²) < 4.78 is 11.1. The van der Waals surface area contributed by atoms with Crippen LogP contribution >= 0.6 is 0 Å². The average Bonchev–Trinajstić information content (AvgIpc) is 2.90. The molecule has 2 rings (SSSR count). The van der Waals surface area contributed by atoms with Crippen molar-refractivity contribution in [2.75, 3.05) is 33.3 Å². The second-order valence-electron chi connectivity index (χ2n) is 7.27. The Labute approximate surface area is 128 Å². The molecule has 2 aliphatic heterocycles. The minimum absolute atomic E-state index is 0.178. The van der Waals surface area contributed by atoms with E-state index in [4.69, 9.17) is 9.47 Å². The molecule has 2 fully saturated rings. The first-order valence-corrected chi connectivity index (χ1v) is 8.15. The molecule has 1 amide bonds. The summed E-state index contributed by atoms with van der Waals surface area (Å²) >= 11 is 0. The third kappa shape index (κ3) is 5.15. The Bertz CT molecular complexity index is 340. The molecule has 0 aliphatic carbocycles. The zero-order valence-corrected chi connectivity index (χ0v) is 13.9. The highest BCUT2D eigenvalue weighted by Crippen LogP contribution is 2.20. The molecule has 2 heterocycles. The smallest absolute Gasteiger partial charge is 0.410 e. The molecule has 0 saturated carbocycles. The van der Waals surface area contributed by atoms with Crippen molar-refractivity contribution in [3.8, 4) is 0 Å². The molecule has 0 aromatic carbocycles. The number of likely N-dealkylation sites (N-methyl/N-ethyl adjacent to an activating group) is 1. The zero-order chi connectivity index (χ0) is 15.5. The van der Waals surface area contributed by atoms with Gasteiger partial charge in [-0.05, 0) is 53.5 Å². The number of amides is 1. The molecule has 0 N–H and O–H groups in total. The predicted octanol–water partition coefficient (Wildman–Crippen LogP) is 2.50. The highest BCUT2D eigenvalue weighted by atomic mass is 16.6. The summed E-state index contributed by atoms with van der Waals surface area (Å²) in [6.45, 7) is 9.23. The van der Waals surface area contributed by atoms with Crippen LogP contribution in [0.4, 0.5) is 4.79 Å². The average molecular weight is 298 g/mol. The zero-order valence-electron chi connectivity index (χ0n) is 13.9. The first-order valence-electron chi connectivity index (χ1n) is 8.15. The Morgan fingerprint density at radius 1 is 1.29 bits per heavy atom. The summed E-state index contributed by atoms with van der Waals surface area (Å²) in [5.41, 5.74) is -0.412. The Morgan fingerprint density at radius 2 is 1.95 bits per heavy atom. The van der Waals surface area contributed by atoms with Gasteiger partial charge in [0.25, 0.3) is 0 Å². The summed E-state index contributed by atoms with van der Waals surface area (Å²) in [5.74, 6) is 0. The number of likely N-dealkylation sites (tertiary alicyclic amines) is 1. The van der Waals surface area contributed by atoms with Crippen molar-refractivity contribution in [3.63, 3.8) is 0 Å². The number of hydrogen-bond acceptors (Lipinski definition) is 4. The molecule has 2 saturated heterocycles. The van der Waals surface area contributed by atoms with Gasteiger partial charge in [-0.2, -0.15) is 0 Å². The van der Waals surface area contributed by atoms with E-state index < -0.39 is 5.60 Å². The first kappa shape index (κ1) is 16.6. The Kier molecular flexibility index (Phi) is 5.49.